The Morgan fingerprint density at radius 2 is 2.10 bits per heavy atom. The number of hydrogen-bond donors (Lipinski definition) is 1. The number of thiazole rings is 1. The van der Waals surface area contributed by atoms with Gasteiger partial charge < -0.3 is 10.1 Å². The van der Waals surface area contributed by atoms with E-state index >= 15 is 0 Å². The molecule has 0 spiro atoms. The zero-order valence-corrected chi connectivity index (χ0v) is 12.7. The van der Waals surface area contributed by atoms with E-state index in [0.717, 1.165) is 22.0 Å². The summed E-state index contributed by atoms with van der Waals surface area (Å²) in [5.74, 6) is -0.0702. The van der Waals surface area contributed by atoms with Crippen LogP contribution in [0.25, 0.3) is 11.3 Å². The molecule has 0 unspecified atom stereocenters. The number of nitrogens with zero attached hydrogens (tertiary/aromatic N) is 1. The van der Waals surface area contributed by atoms with Crippen LogP contribution in [0.4, 0.5) is 5.69 Å². The lowest BCUT2D eigenvalue weighted by Gasteiger charge is -2.07. The van der Waals surface area contributed by atoms with Gasteiger partial charge in [0.2, 0.25) is 5.91 Å². The van der Waals surface area contributed by atoms with Crippen LogP contribution in [0, 0.1) is 0 Å². The highest BCUT2D eigenvalue weighted by molar-refractivity contribution is 7.10. The number of amides is 1. The first-order valence-electron chi connectivity index (χ1n) is 6.55. The molecule has 20 heavy (non-hydrogen) atoms. The fourth-order valence-corrected chi connectivity index (χ4v) is 2.69. The Bertz CT molecular complexity index is 578. The maximum atomic E-state index is 11.0. The summed E-state index contributed by atoms with van der Waals surface area (Å²) in [4.78, 5) is 15.6. The molecule has 0 fully saturated rings. The maximum Gasteiger partial charge on any atom is 0.221 e. The second kappa shape index (κ2) is 6.63. The van der Waals surface area contributed by atoms with Crippen molar-refractivity contribution in [2.75, 3.05) is 11.9 Å². The van der Waals surface area contributed by atoms with Crippen molar-refractivity contribution in [3.8, 4) is 11.3 Å². The lowest BCUT2D eigenvalue weighted by Crippen LogP contribution is -2.05. The van der Waals surface area contributed by atoms with Crippen molar-refractivity contribution in [3.05, 3.63) is 34.7 Å². The molecule has 1 atom stereocenters. The summed E-state index contributed by atoms with van der Waals surface area (Å²) in [6.07, 6.45) is 0.0254. The number of hydrogen-bond acceptors (Lipinski definition) is 4. The summed E-state index contributed by atoms with van der Waals surface area (Å²) >= 11 is 1.60. The Kier molecular flexibility index (Phi) is 4.87. The number of aromatic nitrogens is 1. The molecule has 2 rings (SSSR count). The molecule has 0 bridgehead atoms. The smallest absolute Gasteiger partial charge is 0.221 e. The molecule has 0 aliphatic heterocycles. The van der Waals surface area contributed by atoms with Crippen LogP contribution in [-0.2, 0) is 9.53 Å². The highest BCUT2D eigenvalue weighted by Gasteiger charge is 2.11. The fraction of sp³-hybridized carbons (Fsp3) is 0.333. The zero-order valence-electron chi connectivity index (χ0n) is 11.8. The van der Waals surface area contributed by atoms with Gasteiger partial charge in [0.05, 0.1) is 5.69 Å². The molecule has 1 N–H and O–H groups in total. The molecule has 1 aromatic heterocycles. The monoisotopic (exact) mass is 290 g/mol. The number of ether oxygens (including phenoxy) is 1. The van der Waals surface area contributed by atoms with E-state index in [1.165, 1.54) is 6.92 Å². The molecule has 0 aliphatic rings. The molecule has 106 valence electrons. The lowest BCUT2D eigenvalue weighted by molar-refractivity contribution is -0.114. The van der Waals surface area contributed by atoms with Crippen LogP contribution in [0.2, 0.25) is 0 Å². The van der Waals surface area contributed by atoms with Crippen LogP contribution in [-0.4, -0.2) is 17.5 Å². The molecule has 1 amide bonds. The third-order valence-corrected chi connectivity index (χ3v) is 3.79. The molecular weight excluding hydrogens is 272 g/mol. The molecule has 1 heterocycles. The molecule has 0 aliphatic carbocycles. The van der Waals surface area contributed by atoms with Gasteiger partial charge in [0.25, 0.3) is 0 Å². The SMILES string of the molecule is CCO[C@H](C)c1nc(-c2ccc(NC(C)=O)cc2)cs1. The fourth-order valence-electron chi connectivity index (χ4n) is 1.86. The van der Waals surface area contributed by atoms with E-state index in [9.17, 15) is 4.79 Å². The van der Waals surface area contributed by atoms with Crippen molar-refractivity contribution in [1.82, 2.24) is 4.98 Å². The van der Waals surface area contributed by atoms with Crippen molar-refractivity contribution < 1.29 is 9.53 Å². The van der Waals surface area contributed by atoms with Gasteiger partial charge in [0.1, 0.15) is 11.1 Å². The van der Waals surface area contributed by atoms with Gasteiger partial charge in [-0.25, -0.2) is 4.98 Å². The van der Waals surface area contributed by atoms with Crippen LogP contribution < -0.4 is 5.32 Å². The summed E-state index contributed by atoms with van der Waals surface area (Å²) in [6.45, 7) is 6.16. The highest BCUT2D eigenvalue weighted by Crippen LogP contribution is 2.27. The summed E-state index contributed by atoms with van der Waals surface area (Å²) in [5, 5.41) is 5.75. The van der Waals surface area contributed by atoms with E-state index in [1.54, 1.807) is 11.3 Å². The number of carbonyl (C=O) groups is 1. The molecular formula is C15H18N2O2S. The largest absolute Gasteiger partial charge is 0.372 e. The van der Waals surface area contributed by atoms with Gasteiger partial charge >= 0.3 is 0 Å². The second-order valence-electron chi connectivity index (χ2n) is 4.43. The average molecular weight is 290 g/mol. The molecule has 5 heteroatoms. The first kappa shape index (κ1) is 14.7. The maximum absolute atomic E-state index is 11.0. The molecule has 0 saturated heterocycles. The minimum Gasteiger partial charge on any atom is -0.372 e. The Morgan fingerprint density at radius 1 is 1.40 bits per heavy atom. The summed E-state index contributed by atoms with van der Waals surface area (Å²) < 4.78 is 5.54. The molecule has 0 saturated carbocycles. The Labute approximate surface area is 122 Å². The van der Waals surface area contributed by atoms with Crippen molar-refractivity contribution in [3.63, 3.8) is 0 Å². The molecule has 2 aromatic rings. The van der Waals surface area contributed by atoms with Crippen molar-refractivity contribution in [2.24, 2.45) is 0 Å². The summed E-state index contributed by atoms with van der Waals surface area (Å²) in [5.41, 5.74) is 2.76. The first-order valence-corrected chi connectivity index (χ1v) is 7.43. The standard InChI is InChI=1S/C15H18N2O2S/c1-4-19-10(2)15-17-14(9-20-15)12-5-7-13(8-6-12)16-11(3)18/h5-10H,4H2,1-3H3,(H,16,18)/t10-/m1/s1. The zero-order chi connectivity index (χ0) is 14.5. The van der Waals surface area contributed by atoms with Crippen molar-refractivity contribution in [1.29, 1.82) is 0 Å². The molecule has 4 nitrogen and oxygen atoms in total. The number of rotatable bonds is 5. The van der Waals surface area contributed by atoms with Crippen LogP contribution >= 0.6 is 11.3 Å². The van der Waals surface area contributed by atoms with E-state index in [1.807, 2.05) is 43.5 Å². The van der Waals surface area contributed by atoms with Crippen molar-refractivity contribution >= 4 is 22.9 Å². The van der Waals surface area contributed by atoms with Gasteiger partial charge in [-0.3, -0.25) is 4.79 Å². The number of anilines is 1. The van der Waals surface area contributed by atoms with Gasteiger partial charge in [0.15, 0.2) is 0 Å². The molecule has 1 aromatic carbocycles. The van der Waals surface area contributed by atoms with Gasteiger partial charge in [-0.05, 0) is 26.0 Å². The minimum absolute atomic E-state index is 0.0254. The second-order valence-corrected chi connectivity index (χ2v) is 5.32. The number of carbonyl (C=O) groups excluding carboxylic acids is 1. The minimum atomic E-state index is -0.0702. The van der Waals surface area contributed by atoms with Crippen LogP contribution in [0.15, 0.2) is 29.6 Å². The average Bonchev–Trinajstić information content (AvgIpc) is 2.89. The third kappa shape index (κ3) is 3.65. The number of benzene rings is 1. The van der Waals surface area contributed by atoms with Gasteiger partial charge in [-0.15, -0.1) is 11.3 Å². The topological polar surface area (TPSA) is 51.2 Å². The Morgan fingerprint density at radius 3 is 2.70 bits per heavy atom. The Balaban J connectivity index is 2.13. The third-order valence-electron chi connectivity index (χ3n) is 2.79. The molecule has 0 radical (unpaired) electrons. The number of nitrogens with one attached hydrogen (secondary N) is 1. The quantitative estimate of drug-likeness (QED) is 0.909. The van der Waals surface area contributed by atoms with E-state index < -0.39 is 0 Å². The van der Waals surface area contributed by atoms with Crippen LogP contribution in [0.3, 0.4) is 0 Å². The summed E-state index contributed by atoms with van der Waals surface area (Å²) in [6, 6.07) is 7.66. The normalized spacial score (nSPS) is 12.2. The first-order chi connectivity index (χ1) is 9.60. The van der Waals surface area contributed by atoms with E-state index in [-0.39, 0.29) is 12.0 Å². The van der Waals surface area contributed by atoms with Gasteiger partial charge in [0, 0.05) is 30.2 Å². The predicted octanol–water partition coefficient (Wildman–Crippen LogP) is 3.87. The van der Waals surface area contributed by atoms with Crippen LogP contribution in [0.1, 0.15) is 31.9 Å². The van der Waals surface area contributed by atoms with Gasteiger partial charge in [-0.2, -0.15) is 0 Å². The van der Waals surface area contributed by atoms with Crippen molar-refractivity contribution in [2.45, 2.75) is 26.9 Å². The van der Waals surface area contributed by atoms with E-state index in [4.69, 9.17) is 4.74 Å². The highest BCUT2D eigenvalue weighted by atomic mass is 32.1. The Hall–Kier alpha value is -1.72. The summed E-state index contributed by atoms with van der Waals surface area (Å²) in [7, 11) is 0. The van der Waals surface area contributed by atoms with E-state index in [2.05, 4.69) is 10.3 Å². The van der Waals surface area contributed by atoms with E-state index in [0.29, 0.717) is 6.61 Å². The predicted molar refractivity (Wildman–Crippen MR) is 81.9 cm³/mol. The lowest BCUT2D eigenvalue weighted by atomic mass is 10.1. The van der Waals surface area contributed by atoms with Gasteiger partial charge in [-0.1, -0.05) is 12.1 Å². The van der Waals surface area contributed by atoms with Crippen LogP contribution in [0.5, 0.6) is 0 Å².